The first kappa shape index (κ1) is 15.7. The molecule has 0 bridgehead atoms. The molecular formula is C13H16ClN5OS. The number of halogens is 1. The normalized spacial score (nSPS) is 10.6. The van der Waals surface area contributed by atoms with Crippen molar-refractivity contribution in [2.45, 2.75) is 18.5 Å². The highest BCUT2D eigenvalue weighted by molar-refractivity contribution is 7.99. The van der Waals surface area contributed by atoms with Crippen LogP contribution in [0.25, 0.3) is 0 Å². The molecule has 6 nitrogen and oxygen atoms in total. The Morgan fingerprint density at radius 1 is 1.48 bits per heavy atom. The lowest BCUT2D eigenvalue weighted by molar-refractivity contribution is -0.115. The van der Waals surface area contributed by atoms with E-state index in [0.29, 0.717) is 28.6 Å². The minimum absolute atomic E-state index is 0.115. The largest absolute Gasteiger partial charge is 0.397 e. The van der Waals surface area contributed by atoms with Gasteiger partial charge in [-0.05, 0) is 25.1 Å². The molecule has 2 rings (SSSR count). The van der Waals surface area contributed by atoms with Crippen molar-refractivity contribution in [3.8, 4) is 0 Å². The summed E-state index contributed by atoms with van der Waals surface area (Å²) in [5, 5.41) is 12.1. The van der Waals surface area contributed by atoms with Crippen molar-refractivity contribution in [3.63, 3.8) is 0 Å². The van der Waals surface area contributed by atoms with Gasteiger partial charge in [-0.3, -0.25) is 4.79 Å². The average molecular weight is 326 g/mol. The molecule has 1 aromatic heterocycles. The average Bonchev–Trinajstić information content (AvgIpc) is 2.75. The van der Waals surface area contributed by atoms with Crippen LogP contribution < -0.4 is 11.1 Å². The van der Waals surface area contributed by atoms with Crippen LogP contribution in [0, 0.1) is 6.92 Å². The number of anilines is 2. The number of nitrogens with two attached hydrogens (primary N) is 1. The van der Waals surface area contributed by atoms with Crippen molar-refractivity contribution < 1.29 is 4.79 Å². The highest BCUT2D eigenvalue weighted by Crippen LogP contribution is 2.23. The lowest BCUT2D eigenvalue weighted by atomic mass is 10.2. The molecule has 1 aromatic carbocycles. The maximum atomic E-state index is 11.9. The molecule has 1 heterocycles. The van der Waals surface area contributed by atoms with Gasteiger partial charge in [0.15, 0.2) is 5.16 Å². The van der Waals surface area contributed by atoms with Crippen LogP contribution in [0.3, 0.4) is 0 Å². The van der Waals surface area contributed by atoms with Crippen molar-refractivity contribution in [3.05, 3.63) is 29.0 Å². The lowest BCUT2D eigenvalue weighted by Gasteiger charge is -2.08. The zero-order valence-corrected chi connectivity index (χ0v) is 13.3. The fraction of sp³-hybridized carbons (Fsp3) is 0.308. The summed E-state index contributed by atoms with van der Waals surface area (Å²) in [6.45, 7) is 1.88. The molecule has 0 aliphatic heterocycles. The topological polar surface area (TPSA) is 85.8 Å². The summed E-state index contributed by atoms with van der Waals surface area (Å²) in [6, 6.07) is 4.97. The molecule has 1 amide bonds. The minimum atomic E-state index is -0.115. The molecule has 0 fully saturated rings. The van der Waals surface area contributed by atoms with Crippen LogP contribution in [-0.2, 0) is 11.8 Å². The van der Waals surface area contributed by atoms with Crippen molar-refractivity contribution in [1.29, 1.82) is 0 Å². The predicted octanol–water partition coefficient (Wildman–Crippen LogP) is 2.48. The third-order valence-electron chi connectivity index (χ3n) is 2.90. The number of nitrogens with one attached hydrogen (secondary N) is 1. The highest BCUT2D eigenvalue weighted by atomic mass is 35.5. The lowest BCUT2D eigenvalue weighted by Crippen LogP contribution is -2.13. The van der Waals surface area contributed by atoms with Crippen LogP contribution in [0.2, 0.25) is 5.02 Å². The molecule has 0 aliphatic rings. The molecule has 0 spiro atoms. The van der Waals surface area contributed by atoms with Crippen molar-refractivity contribution in [2.24, 2.45) is 7.05 Å². The molecule has 3 N–H and O–H groups in total. The molecule has 112 valence electrons. The molecule has 21 heavy (non-hydrogen) atoms. The van der Waals surface area contributed by atoms with Crippen LogP contribution >= 0.6 is 23.4 Å². The second kappa shape index (κ2) is 6.82. The Balaban J connectivity index is 1.85. The Bertz CT molecular complexity index is 658. The smallest absolute Gasteiger partial charge is 0.225 e. The van der Waals surface area contributed by atoms with Gasteiger partial charge in [0, 0.05) is 24.2 Å². The summed E-state index contributed by atoms with van der Waals surface area (Å²) in [4.78, 5) is 11.9. The number of carbonyl (C=O) groups is 1. The second-order valence-electron chi connectivity index (χ2n) is 4.47. The van der Waals surface area contributed by atoms with Gasteiger partial charge >= 0.3 is 0 Å². The van der Waals surface area contributed by atoms with Crippen LogP contribution in [0.4, 0.5) is 11.4 Å². The van der Waals surface area contributed by atoms with Gasteiger partial charge in [-0.25, -0.2) is 0 Å². The van der Waals surface area contributed by atoms with E-state index in [4.69, 9.17) is 17.3 Å². The Kier molecular flexibility index (Phi) is 5.08. The zero-order valence-electron chi connectivity index (χ0n) is 11.8. The summed E-state index contributed by atoms with van der Waals surface area (Å²) < 4.78 is 1.89. The van der Waals surface area contributed by atoms with Gasteiger partial charge in [0.1, 0.15) is 5.82 Å². The highest BCUT2D eigenvalue weighted by Gasteiger charge is 2.09. The van der Waals surface area contributed by atoms with E-state index in [2.05, 4.69) is 15.5 Å². The van der Waals surface area contributed by atoms with Crippen molar-refractivity contribution >= 4 is 40.6 Å². The number of thioether (sulfide) groups is 1. The van der Waals surface area contributed by atoms with E-state index < -0.39 is 0 Å². The van der Waals surface area contributed by atoms with Crippen molar-refractivity contribution in [1.82, 2.24) is 14.8 Å². The monoisotopic (exact) mass is 325 g/mol. The van der Waals surface area contributed by atoms with E-state index in [1.165, 1.54) is 11.8 Å². The second-order valence-corrected chi connectivity index (χ2v) is 5.97. The first-order valence-corrected chi connectivity index (χ1v) is 7.67. The summed E-state index contributed by atoms with van der Waals surface area (Å²) in [5.41, 5.74) is 6.80. The maximum absolute atomic E-state index is 11.9. The summed E-state index contributed by atoms with van der Waals surface area (Å²) in [6.07, 6.45) is 0.350. The van der Waals surface area contributed by atoms with E-state index >= 15 is 0 Å². The van der Waals surface area contributed by atoms with Gasteiger partial charge in [0.2, 0.25) is 5.91 Å². The molecule has 0 saturated carbocycles. The van der Waals surface area contributed by atoms with Gasteiger partial charge in [-0.2, -0.15) is 0 Å². The Morgan fingerprint density at radius 3 is 2.90 bits per heavy atom. The number of hydrogen-bond acceptors (Lipinski definition) is 5. The molecule has 0 radical (unpaired) electrons. The SMILES string of the molecule is Cc1nnc(SCCC(=O)Nc2cc(Cl)ccc2N)n1C. The maximum Gasteiger partial charge on any atom is 0.225 e. The van der Waals surface area contributed by atoms with E-state index in [1.54, 1.807) is 18.2 Å². The first-order chi connectivity index (χ1) is 9.97. The van der Waals surface area contributed by atoms with Gasteiger partial charge in [-0.1, -0.05) is 23.4 Å². The first-order valence-electron chi connectivity index (χ1n) is 6.31. The van der Waals surface area contributed by atoms with Crippen LogP contribution in [0.5, 0.6) is 0 Å². The molecular weight excluding hydrogens is 310 g/mol. The molecule has 0 saturated heterocycles. The number of rotatable bonds is 5. The van der Waals surface area contributed by atoms with Crippen LogP contribution in [-0.4, -0.2) is 26.4 Å². The van der Waals surface area contributed by atoms with Gasteiger partial charge < -0.3 is 15.6 Å². The quantitative estimate of drug-likeness (QED) is 0.651. The summed E-state index contributed by atoms with van der Waals surface area (Å²) in [7, 11) is 1.89. The third-order valence-corrected chi connectivity index (χ3v) is 4.16. The molecule has 0 atom stereocenters. The Hall–Kier alpha value is -1.73. The number of amides is 1. The number of carbonyl (C=O) groups excluding carboxylic acids is 1. The third kappa shape index (κ3) is 4.12. The summed E-state index contributed by atoms with van der Waals surface area (Å²) >= 11 is 7.36. The number of benzene rings is 1. The number of hydrogen-bond donors (Lipinski definition) is 2. The van der Waals surface area contributed by atoms with Gasteiger partial charge in [-0.15, -0.1) is 10.2 Å². The van der Waals surface area contributed by atoms with E-state index in [-0.39, 0.29) is 5.91 Å². The number of nitrogens with zero attached hydrogens (tertiary/aromatic N) is 3. The summed E-state index contributed by atoms with van der Waals surface area (Å²) in [5.74, 6) is 1.34. The van der Waals surface area contributed by atoms with E-state index in [9.17, 15) is 4.79 Å². The Morgan fingerprint density at radius 2 is 2.24 bits per heavy atom. The standard InChI is InChI=1S/C13H16ClN5OS/c1-8-17-18-13(19(8)2)21-6-5-12(20)16-11-7-9(14)3-4-10(11)15/h3-4,7H,5-6,15H2,1-2H3,(H,16,20). The van der Waals surface area contributed by atoms with Gasteiger partial charge in [0.25, 0.3) is 0 Å². The van der Waals surface area contributed by atoms with E-state index in [1.807, 2.05) is 18.5 Å². The molecule has 8 heteroatoms. The fourth-order valence-corrected chi connectivity index (χ4v) is 2.66. The van der Waals surface area contributed by atoms with Crippen LogP contribution in [0.1, 0.15) is 12.2 Å². The predicted molar refractivity (Wildman–Crippen MR) is 85.6 cm³/mol. The van der Waals surface area contributed by atoms with Crippen molar-refractivity contribution in [2.75, 3.05) is 16.8 Å². The molecule has 0 unspecified atom stereocenters. The van der Waals surface area contributed by atoms with E-state index in [0.717, 1.165) is 11.0 Å². The Labute approximate surface area is 132 Å². The molecule has 0 aliphatic carbocycles. The number of aromatic nitrogens is 3. The number of nitrogen functional groups attached to an aromatic ring is 1. The number of aryl methyl sites for hydroxylation is 1. The van der Waals surface area contributed by atoms with Crippen LogP contribution in [0.15, 0.2) is 23.4 Å². The molecule has 2 aromatic rings. The fourth-order valence-electron chi connectivity index (χ4n) is 1.60. The zero-order chi connectivity index (χ0) is 15.4. The minimum Gasteiger partial charge on any atom is -0.397 e. The van der Waals surface area contributed by atoms with Gasteiger partial charge in [0.05, 0.1) is 11.4 Å².